The van der Waals surface area contributed by atoms with Crippen LogP contribution in [0.15, 0.2) is 36.4 Å². The van der Waals surface area contributed by atoms with Gasteiger partial charge in [0.25, 0.3) is 0 Å². The Hall–Kier alpha value is -1.67. The average Bonchev–Trinajstić information content (AvgIpc) is 2.42. The molecule has 0 saturated carbocycles. The summed E-state index contributed by atoms with van der Waals surface area (Å²) < 4.78 is 13.4. The number of halogens is 1. The second-order valence-electron chi connectivity index (χ2n) is 5.75. The molecule has 0 aliphatic carbocycles. The van der Waals surface area contributed by atoms with Gasteiger partial charge in [0.1, 0.15) is 5.82 Å². The predicted octanol–water partition coefficient (Wildman–Crippen LogP) is 4.84. The lowest BCUT2D eigenvalue weighted by molar-refractivity contribution is 0.588. The van der Waals surface area contributed by atoms with E-state index in [-0.39, 0.29) is 11.9 Å². The van der Waals surface area contributed by atoms with Gasteiger partial charge in [0.05, 0.1) is 6.04 Å². The average molecular weight is 285 g/mol. The van der Waals surface area contributed by atoms with Crippen LogP contribution in [0.2, 0.25) is 0 Å². The van der Waals surface area contributed by atoms with Crippen molar-refractivity contribution in [2.75, 3.05) is 6.54 Å². The Morgan fingerprint density at radius 2 is 1.57 bits per heavy atom. The second kappa shape index (κ2) is 6.86. The van der Waals surface area contributed by atoms with E-state index in [1.165, 1.54) is 16.7 Å². The Labute approximate surface area is 127 Å². The summed E-state index contributed by atoms with van der Waals surface area (Å²) in [5, 5.41) is 3.60. The van der Waals surface area contributed by atoms with Gasteiger partial charge in [-0.1, -0.05) is 36.8 Å². The SMILES string of the molecule is CCCNC(c1ccc(C)cc1C)c1ccc(F)cc1C. The van der Waals surface area contributed by atoms with Crippen LogP contribution in [0.3, 0.4) is 0 Å². The molecule has 0 saturated heterocycles. The zero-order valence-corrected chi connectivity index (χ0v) is 13.3. The van der Waals surface area contributed by atoms with Gasteiger partial charge >= 0.3 is 0 Å². The van der Waals surface area contributed by atoms with Gasteiger partial charge in [-0.05, 0) is 68.1 Å². The van der Waals surface area contributed by atoms with Crippen molar-refractivity contribution in [3.05, 3.63) is 70.0 Å². The van der Waals surface area contributed by atoms with Crippen molar-refractivity contribution in [3.63, 3.8) is 0 Å². The molecule has 2 rings (SSSR count). The van der Waals surface area contributed by atoms with Crippen LogP contribution >= 0.6 is 0 Å². The summed E-state index contributed by atoms with van der Waals surface area (Å²) >= 11 is 0. The third-order valence-electron chi connectivity index (χ3n) is 3.88. The topological polar surface area (TPSA) is 12.0 Å². The number of rotatable bonds is 5. The summed E-state index contributed by atoms with van der Waals surface area (Å²) in [6.45, 7) is 9.32. The zero-order chi connectivity index (χ0) is 15.4. The molecule has 0 bridgehead atoms. The highest BCUT2D eigenvalue weighted by molar-refractivity contribution is 5.41. The molecule has 0 radical (unpaired) electrons. The third kappa shape index (κ3) is 3.70. The molecule has 1 atom stereocenters. The molecule has 2 aromatic carbocycles. The molecule has 1 N–H and O–H groups in total. The van der Waals surface area contributed by atoms with Crippen molar-refractivity contribution >= 4 is 0 Å². The van der Waals surface area contributed by atoms with Crippen molar-refractivity contribution in [3.8, 4) is 0 Å². The van der Waals surface area contributed by atoms with E-state index in [4.69, 9.17) is 0 Å². The fraction of sp³-hybridized carbons (Fsp3) is 0.368. The van der Waals surface area contributed by atoms with Crippen LogP contribution in [0.25, 0.3) is 0 Å². The zero-order valence-electron chi connectivity index (χ0n) is 13.3. The van der Waals surface area contributed by atoms with Crippen molar-refractivity contribution in [1.29, 1.82) is 0 Å². The minimum atomic E-state index is -0.175. The van der Waals surface area contributed by atoms with Gasteiger partial charge < -0.3 is 5.32 Å². The molecule has 1 unspecified atom stereocenters. The van der Waals surface area contributed by atoms with Crippen molar-refractivity contribution < 1.29 is 4.39 Å². The van der Waals surface area contributed by atoms with E-state index in [0.29, 0.717) is 0 Å². The molecule has 0 fully saturated rings. The monoisotopic (exact) mass is 285 g/mol. The number of hydrogen-bond donors (Lipinski definition) is 1. The highest BCUT2D eigenvalue weighted by atomic mass is 19.1. The molecule has 0 heterocycles. The van der Waals surface area contributed by atoms with Crippen LogP contribution in [0, 0.1) is 26.6 Å². The number of nitrogens with one attached hydrogen (secondary N) is 1. The Morgan fingerprint density at radius 3 is 2.14 bits per heavy atom. The summed E-state index contributed by atoms with van der Waals surface area (Å²) in [7, 11) is 0. The van der Waals surface area contributed by atoms with Gasteiger partial charge in [0.2, 0.25) is 0 Å². The largest absolute Gasteiger partial charge is 0.306 e. The van der Waals surface area contributed by atoms with E-state index in [9.17, 15) is 4.39 Å². The van der Waals surface area contributed by atoms with Gasteiger partial charge in [-0.25, -0.2) is 4.39 Å². The van der Waals surface area contributed by atoms with E-state index in [1.54, 1.807) is 12.1 Å². The van der Waals surface area contributed by atoms with Crippen LogP contribution in [-0.2, 0) is 0 Å². The molecule has 1 nitrogen and oxygen atoms in total. The maximum Gasteiger partial charge on any atom is 0.123 e. The molecular formula is C19H24FN. The normalized spacial score (nSPS) is 12.4. The van der Waals surface area contributed by atoms with E-state index < -0.39 is 0 Å². The first-order valence-electron chi connectivity index (χ1n) is 7.59. The first-order valence-corrected chi connectivity index (χ1v) is 7.59. The Balaban J connectivity index is 2.46. The summed E-state index contributed by atoms with van der Waals surface area (Å²) in [6.07, 6.45) is 1.07. The summed E-state index contributed by atoms with van der Waals surface area (Å²) in [5.74, 6) is -0.175. The maximum atomic E-state index is 13.4. The van der Waals surface area contributed by atoms with Crippen LogP contribution in [0.1, 0.15) is 47.2 Å². The molecule has 112 valence electrons. The molecule has 0 aliphatic heterocycles. The second-order valence-corrected chi connectivity index (χ2v) is 5.75. The van der Waals surface area contributed by atoms with Crippen LogP contribution in [0.4, 0.5) is 4.39 Å². The van der Waals surface area contributed by atoms with Crippen molar-refractivity contribution in [1.82, 2.24) is 5.32 Å². The smallest absolute Gasteiger partial charge is 0.123 e. The first kappa shape index (κ1) is 15.7. The lowest BCUT2D eigenvalue weighted by Gasteiger charge is -2.23. The molecule has 0 aliphatic rings. The van der Waals surface area contributed by atoms with E-state index in [2.05, 4.69) is 44.3 Å². The molecule has 0 aromatic heterocycles. The quantitative estimate of drug-likeness (QED) is 0.829. The van der Waals surface area contributed by atoms with Crippen LogP contribution in [-0.4, -0.2) is 6.54 Å². The van der Waals surface area contributed by atoms with Gasteiger partial charge in [-0.15, -0.1) is 0 Å². The van der Waals surface area contributed by atoms with Crippen molar-refractivity contribution in [2.24, 2.45) is 0 Å². The van der Waals surface area contributed by atoms with Gasteiger partial charge in [0, 0.05) is 0 Å². The van der Waals surface area contributed by atoms with Gasteiger partial charge in [0.15, 0.2) is 0 Å². The molecular weight excluding hydrogens is 261 g/mol. The van der Waals surface area contributed by atoms with Crippen LogP contribution in [0.5, 0.6) is 0 Å². The lowest BCUT2D eigenvalue weighted by atomic mass is 9.91. The fourth-order valence-corrected chi connectivity index (χ4v) is 2.79. The highest BCUT2D eigenvalue weighted by Crippen LogP contribution is 2.28. The predicted molar refractivity (Wildman–Crippen MR) is 87.2 cm³/mol. The summed E-state index contributed by atoms with van der Waals surface area (Å²) in [4.78, 5) is 0. The van der Waals surface area contributed by atoms with E-state index >= 15 is 0 Å². The van der Waals surface area contributed by atoms with Gasteiger partial charge in [-0.3, -0.25) is 0 Å². The summed E-state index contributed by atoms with van der Waals surface area (Å²) in [5.41, 5.74) is 5.94. The molecule has 2 heteroatoms. The first-order chi connectivity index (χ1) is 10.0. The Kier molecular flexibility index (Phi) is 5.13. The Bertz CT molecular complexity index is 567. The van der Waals surface area contributed by atoms with Gasteiger partial charge in [-0.2, -0.15) is 0 Å². The molecule has 0 amide bonds. The van der Waals surface area contributed by atoms with Crippen LogP contribution < -0.4 is 5.32 Å². The summed E-state index contributed by atoms with van der Waals surface area (Å²) in [6, 6.07) is 11.7. The minimum absolute atomic E-state index is 0.117. The maximum absolute atomic E-state index is 13.4. The number of hydrogen-bond acceptors (Lipinski definition) is 1. The number of aryl methyl sites for hydroxylation is 3. The molecule has 0 spiro atoms. The third-order valence-corrected chi connectivity index (χ3v) is 3.88. The minimum Gasteiger partial charge on any atom is -0.306 e. The standard InChI is InChI=1S/C19H24FN/c1-5-10-21-19(17-8-6-13(2)11-14(17)3)18-9-7-16(20)12-15(18)4/h6-9,11-12,19,21H,5,10H2,1-4H3. The van der Waals surface area contributed by atoms with Crippen molar-refractivity contribution in [2.45, 2.75) is 40.2 Å². The Morgan fingerprint density at radius 1 is 0.952 bits per heavy atom. The van der Waals surface area contributed by atoms with E-state index in [1.807, 2.05) is 13.0 Å². The fourth-order valence-electron chi connectivity index (χ4n) is 2.79. The van der Waals surface area contributed by atoms with E-state index in [0.717, 1.165) is 24.1 Å². The number of benzene rings is 2. The highest BCUT2D eigenvalue weighted by Gasteiger charge is 2.17. The molecule has 21 heavy (non-hydrogen) atoms. The lowest BCUT2D eigenvalue weighted by Crippen LogP contribution is -2.24. The molecule has 2 aromatic rings.